The molecule has 0 aliphatic carbocycles. The third-order valence-corrected chi connectivity index (χ3v) is 3.33. The number of benzene rings is 1. The molecule has 19 heavy (non-hydrogen) atoms. The number of aliphatic hydroxyl groups excluding tert-OH is 1. The zero-order chi connectivity index (χ0) is 13.7. The highest BCUT2D eigenvalue weighted by molar-refractivity contribution is 5.54. The van der Waals surface area contributed by atoms with Crippen LogP contribution in [-0.4, -0.2) is 11.7 Å². The van der Waals surface area contributed by atoms with Crippen LogP contribution in [0.4, 0.5) is 5.69 Å². The van der Waals surface area contributed by atoms with Gasteiger partial charge in [-0.1, -0.05) is 25.1 Å². The Morgan fingerprint density at radius 1 is 1.16 bits per heavy atom. The topological polar surface area (TPSA) is 36.6 Å². The average molecular weight is 259 g/mol. The van der Waals surface area contributed by atoms with E-state index in [1.165, 1.54) is 0 Å². The van der Waals surface area contributed by atoms with Crippen molar-refractivity contribution < 1.29 is 9.52 Å². The SMILES string of the molecule is CC[C@H](O)c1ccccc1N(CC)Cc1ccco1. The van der Waals surface area contributed by atoms with Gasteiger partial charge >= 0.3 is 0 Å². The Labute approximate surface area is 114 Å². The van der Waals surface area contributed by atoms with Crippen LogP contribution in [0.15, 0.2) is 47.1 Å². The van der Waals surface area contributed by atoms with Gasteiger partial charge in [0.15, 0.2) is 0 Å². The molecule has 1 aromatic heterocycles. The van der Waals surface area contributed by atoms with Gasteiger partial charge in [-0.15, -0.1) is 0 Å². The number of hydrogen-bond acceptors (Lipinski definition) is 3. The van der Waals surface area contributed by atoms with Gasteiger partial charge in [0.05, 0.1) is 18.9 Å². The Bertz CT molecular complexity index is 493. The summed E-state index contributed by atoms with van der Waals surface area (Å²) in [7, 11) is 0. The molecule has 1 heterocycles. The summed E-state index contributed by atoms with van der Waals surface area (Å²) in [5.41, 5.74) is 2.06. The van der Waals surface area contributed by atoms with Gasteiger partial charge in [-0.25, -0.2) is 0 Å². The first-order valence-corrected chi connectivity index (χ1v) is 6.80. The molecule has 0 saturated heterocycles. The van der Waals surface area contributed by atoms with E-state index in [2.05, 4.69) is 17.9 Å². The number of hydrogen-bond donors (Lipinski definition) is 1. The molecule has 2 aromatic rings. The van der Waals surface area contributed by atoms with E-state index < -0.39 is 6.10 Å². The second kappa shape index (κ2) is 6.43. The second-order valence-corrected chi connectivity index (χ2v) is 4.58. The molecule has 0 radical (unpaired) electrons. The monoisotopic (exact) mass is 259 g/mol. The fourth-order valence-corrected chi connectivity index (χ4v) is 2.24. The molecule has 0 spiro atoms. The third-order valence-electron chi connectivity index (χ3n) is 3.33. The summed E-state index contributed by atoms with van der Waals surface area (Å²) in [6.07, 6.45) is 1.99. The number of rotatable bonds is 6. The zero-order valence-electron chi connectivity index (χ0n) is 11.5. The van der Waals surface area contributed by atoms with Gasteiger partial charge in [0, 0.05) is 17.8 Å². The number of anilines is 1. The van der Waals surface area contributed by atoms with Gasteiger partial charge in [0.1, 0.15) is 5.76 Å². The zero-order valence-corrected chi connectivity index (χ0v) is 11.5. The van der Waals surface area contributed by atoms with E-state index in [1.54, 1.807) is 6.26 Å². The van der Waals surface area contributed by atoms with Crippen LogP contribution in [0, 0.1) is 0 Å². The Balaban J connectivity index is 2.27. The van der Waals surface area contributed by atoms with Crippen LogP contribution in [0.3, 0.4) is 0 Å². The highest BCUT2D eigenvalue weighted by Gasteiger charge is 2.15. The van der Waals surface area contributed by atoms with Crippen molar-refractivity contribution in [1.29, 1.82) is 0 Å². The summed E-state index contributed by atoms with van der Waals surface area (Å²) in [6.45, 7) is 5.69. The summed E-state index contributed by atoms with van der Waals surface area (Å²) in [6, 6.07) is 11.9. The molecule has 1 atom stereocenters. The lowest BCUT2D eigenvalue weighted by atomic mass is 10.0. The smallest absolute Gasteiger partial charge is 0.123 e. The first kappa shape index (κ1) is 13.7. The molecule has 102 valence electrons. The summed E-state index contributed by atoms with van der Waals surface area (Å²) in [5, 5.41) is 10.1. The van der Waals surface area contributed by atoms with E-state index in [0.717, 1.165) is 36.5 Å². The van der Waals surface area contributed by atoms with Crippen molar-refractivity contribution in [3.05, 3.63) is 54.0 Å². The fraction of sp³-hybridized carbons (Fsp3) is 0.375. The van der Waals surface area contributed by atoms with Gasteiger partial charge < -0.3 is 14.4 Å². The van der Waals surface area contributed by atoms with Crippen LogP contribution < -0.4 is 4.90 Å². The molecule has 0 aliphatic rings. The molecule has 3 heteroatoms. The highest BCUT2D eigenvalue weighted by Crippen LogP contribution is 2.29. The van der Waals surface area contributed by atoms with Crippen LogP contribution in [0.1, 0.15) is 37.7 Å². The van der Waals surface area contributed by atoms with E-state index in [0.29, 0.717) is 0 Å². The Hall–Kier alpha value is -1.74. The molecule has 0 saturated carbocycles. The minimum absolute atomic E-state index is 0.415. The summed E-state index contributed by atoms with van der Waals surface area (Å²) >= 11 is 0. The normalized spacial score (nSPS) is 12.4. The molecular formula is C16H21NO2. The van der Waals surface area contributed by atoms with Crippen LogP contribution in [0.25, 0.3) is 0 Å². The number of aliphatic hydroxyl groups is 1. The molecule has 3 nitrogen and oxygen atoms in total. The van der Waals surface area contributed by atoms with Crippen molar-refractivity contribution in [3.8, 4) is 0 Å². The Kier molecular flexibility index (Phi) is 4.63. The summed E-state index contributed by atoms with van der Waals surface area (Å²) in [5.74, 6) is 0.933. The van der Waals surface area contributed by atoms with Crippen molar-refractivity contribution in [2.24, 2.45) is 0 Å². The Morgan fingerprint density at radius 2 is 1.95 bits per heavy atom. The van der Waals surface area contributed by atoms with E-state index in [9.17, 15) is 5.11 Å². The van der Waals surface area contributed by atoms with E-state index >= 15 is 0 Å². The number of furan rings is 1. The summed E-state index contributed by atoms with van der Waals surface area (Å²) in [4.78, 5) is 2.22. The van der Waals surface area contributed by atoms with Gasteiger partial charge in [-0.2, -0.15) is 0 Å². The van der Waals surface area contributed by atoms with Gasteiger partial charge in [-0.3, -0.25) is 0 Å². The van der Waals surface area contributed by atoms with Crippen molar-refractivity contribution in [1.82, 2.24) is 0 Å². The minimum Gasteiger partial charge on any atom is -0.467 e. The molecule has 0 bridgehead atoms. The van der Waals surface area contributed by atoms with Gasteiger partial charge in [0.25, 0.3) is 0 Å². The molecule has 0 amide bonds. The molecule has 0 unspecified atom stereocenters. The molecule has 0 aliphatic heterocycles. The van der Waals surface area contributed by atoms with Crippen molar-refractivity contribution >= 4 is 5.69 Å². The lowest BCUT2D eigenvalue weighted by Gasteiger charge is -2.26. The second-order valence-electron chi connectivity index (χ2n) is 4.58. The molecule has 2 rings (SSSR count). The predicted molar refractivity (Wildman–Crippen MR) is 77.1 cm³/mol. The van der Waals surface area contributed by atoms with Crippen molar-refractivity contribution in [2.75, 3.05) is 11.4 Å². The van der Waals surface area contributed by atoms with E-state index in [1.807, 2.05) is 37.3 Å². The largest absolute Gasteiger partial charge is 0.467 e. The molecule has 0 fully saturated rings. The molecular weight excluding hydrogens is 238 g/mol. The maximum Gasteiger partial charge on any atom is 0.123 e. The Morgan fingerprint density at radius 3 is 2.58 bits per heavy atom. The van der Waals surface area contributed by atoms with Gasteiger partial charge in [0.2, 0.25) is 0 Å². The quantitative estimate of drug-likeness (QED) is 0.858. The number of para-hydroxylation sites is 1. The van der Waals surface area contributed by atoms with Gasteiger partial charge in [-0.05, 0) is 31.5 Å². The molecule has 1 aromatic carbocycles. The highest BCUT2D eigenvalue weighted by atomic mass is 16.3. The maximum atomic E-state index is 10.1. The first-order chi connectivity index (χ1) is 9.26. The minimum atomic E-state index is -0.415. The predicted octanol–water partition coefficient (Wildman–Crippen LogP) is 3.75. The van der Waals surface area contributed by atoms with E-state index in [-0.39, 0.29) is 0 Å². The summed E-state index contributed by atoms with van der Waals surface area (Å²) < 4.78 is 5.41. The van der Waals surface area contributed by atoms with Crippen molar-refractivity contribution in [3.63, 3.8) is 0 Å². The fourth-order valence-electron chi connectivity index (χ4n) is 2.24. The van der Waals surface area contributed by atoms with Crippen LogP contribution in [0.5, 0.6) is 0 Å². The average Bonchev–Trinajstić information content (AvgIpc) is 2.97. The van der Waals surface area contributed by atoms with E-state index in [4.69, 9.17) is 4.42 Å². The van der Waals surface area contributed by atoms with Crippen molar-refractivity contribution in [2.45, 2.75) is 32.9 Å². The standard InChI is InChI=1S/C16H21NO2/c1-3-16(18)14-9-5-6-10-15(14)17(4-2)12-13-8-7-11-19-13/h5-11,16,18H,3-4,12H2,1-2H3/t16-/m0/s1. The lowest BCUT2D eigenvalue weighted by Crippen LogP contribution is -2.23. The maximum absolute atomic E-state index is 10.1. The third kappa shape index (κ3) is 3.18. The van der Waals surface area contributed by atoms with Crippen LogP contribution in [-0.2, 0) is 6.54 Å². The number of nitrogens with zero attached hydrogens (tertiary/aromatic N) is 1. The van der Waals surface area contributed by atoms with Crippen LogP contribution in [0.2, 0.25) is 0 Å². The van der Waals surface area contributed by atoms with Crippen LogP contribution >= 0.6 is 0 Å². The lowest BCUT2D eigenvalue weighted by molar-refractivity contribution is 0.174. The molecule has 1 N–H and O–H groups in total. The first-order valence-electron chi connectivity index (χ1n) is 6.80.